The quantitative estimate of drug-likeness (QED) is 0.746. The molecule has 3 nitrogen and oxygen atoms in total. The lowest BCUT2D eigenvalue weighted by Crippen LogP contribution is -2.12. The molecule has 0 saturated carbocycles. The molecule has 68 valence electrons. The van der Waals surface area contributed by atoms with Gasteiger partial charge in [-0.2, -0.15) is 0 Å². The molecular formula is C9H9ClN2O. The fourth-order valence-corrected chi connectivity index (χ4v) is 1.28. The van der Waals surface area contributed by atoms with Crippen molar-refractivity contribution in [1.82, 2.24) is 0 Å². The van der Waals surface area contributed by atoms with Crippen LogP contribution in [-0.2, 0) is 4.74 Å². The predicted molar refractivity (Wildman–Crippen MR) is 52.2 cm³/mol. The third-order valence-electron chi connectivity index (χ3n) is 1.81. The summed E-state index contributed by atoms with van der Waals surface area (Å²) in [6.07, 6.45) is 1.75. The molecule has 1 aromatic rings. The highest BCUT2D eigenvalue weighted by Crippen LogP contribution is 2.21. The average Bonchev–Trinajstić information content (AvgIpc) is 2.53. The minimum Gasteiger partial charge on any atom is -0.457 e. The molecular weight excluding hydrogens is 188 g/mol. The van der Waals surface area contributed by atoms with Gasteiger partial charge in [0.15, 0.2) is 6.73 Å². The summed E-state index contributed by atoms with van der Waals surface area (Å²) in [4.78, 5) is 1.91. The Bertz CT molecular complexity index is 334. The molecule has 4 heteroatoms. The number of anilines is 1. The molecule has 0 bridgehead atoms. The van der Waals surface area contributed by atoms with Crippen molar-refractivity contribution < 1.29 is 4.74 Å². The highest BCUT2D eigenvalue weighted by Gasteiger charge is 2.11. The Balaban J connectivity index is 2.22. The lowest BCUT2D eigenvalue weighted by molar-refractivity contribution is 0.242. The topological polar surface area (TPSA) is 38.5 Å². The van der Waals surface area contributed by atoms with Crippen LogP contribution in [-0.4, -0.2) is 6.73 Å². The lowest BCUT2D eigenvalue weighted by Gasteiger charge is -2.12. The Hall–Kier alpha value is -1.35. The molecule has 0 unspecified atom stereocenters. The smallest absolute Gasteiger partial charge is 0.202 e. The van der Waals surface area contributed by atoms with E-state index in [9.17, 15) is 0 Å². The Morgan fingerprint density at radius 2 is 2.00 bits per heavy atom. The van der Waals surface area contributed by atoms with Gasteiger partial charge in [0.05, 0.1) is 6.20 Å². The second-order valence-corrected chi connectivity index (χ2v) is 3.19. The molecule has 1 aliphatic heterocycles. The van der Waals surface area contributed by atoms with Gasteiger partial charge in [-0.05, 0) is 24.3 Å². The SMILES string of the molecule is NC1=CN(c2ccc(Cl)cc2)CO1. The zero-order valence-corrected chi connectivity index (χ0v) is 7.66. The monoisotopic (exact) mass is 196 g/mol. The van der Waals surface area contributed by atoms with Gasteiger partial charge in [0, 0.05) is 10.7 Å². The maximum absolute atomic E-state index is 5.76. The first-order valence-corrected chi connectivity index (χ1v) is 4.26. The van der Waals surface area contributed by atoms with Crippen molar-refractivity contribution in [2.24, 2.45) is 5.73 Å². The van der Waals surface area contributed by atoms with Crippen LogP contribution in [0.25, 0.3) is 0 Å². The van der Waals surface area contributed by atoms with Gasteiger partial charge in [-0.15, -0.1) is 0 Å². The van der Waals surface area contributed by atoms with E-state index in [4.69, 9.17) is 22.1 Å². The van der Waals surface area contributed by atoms with Gasteiger partial charge in [-0.3, -0.25) is 0 Å². The standard InChI is InChI=1S/C9H9ClN2O/c10-7-1-3-8(4-2-7)12-5-9(11)13-6-12/h1-5H,6,11H2. The van der Waals surface area contributed by atoms with Gasteiger partial charge in [-0.1, -0.05) is 11.6 Å². The van der Waals surface area contributed by atoms with Crippen LogP contribution in [0.1, 0.15) is 0 Å². The summed E-state index contributed by atoms with van der Waals surface area (Å²) < 4.78 is 5.08. The van der Waals surface area contributed by atoms with Crippen LogP contribution >= 0.6 is 11.6 Å². The molecule has 2 rings (SSSR count). The number of hydrogen-bond acceptors (Lipinski definition) is 3. The summed E-state index contributed by atoms with van der Waals surface area (Å²) in [6.45, 7) is 0.466. The van der Waals surface area contributed by atoms with E-state index in [1.54, 1.807) is 6.20 Å². The highest BCUT2D eigenvalue weighted by molar-refractivity contribution is 6.30. The summed E-state index contributed by atoms with van der Waals surface area (Å²) in [6, 6.07) is 7.50. The van der Waals surface area contributed by atoms with E-state index >= 15 is 0 Å². The van der Waals surface area contributed by atoms with E-state index in [0.29, 0.717) is 12.6 Å². The second kappa shape index (κ2) is 3.18. The number of ether oxygens (including phenoxy) is 1. The lowest BCUT2D eigenvalue weighted by atomic mass is 10.3. The molecule has 1 aromatic carbocycles. The normalized spacial score (nSPS) is 15.5. The van der Waals surface area contributed by atoms with Crippen LogP contribution in [0.4, 0.5) is 5.69 Å². The van der Waals surface area contributed by atoms with E-state index < -0.39 is 0 Å². The Labute approximate surface area is 81.3 Å². The van der Waals surface area contributed by atoms with Crippen molar-refractivity contribution in [2.45, 2.75) is 0 Å². The molecule has 0 atom stereocenters. The molecule has 0 fully saturated rings. The molecule has 0 saturated heterocycles. The number of benzene rings is 1. The molecule has 2 N–H and O–H groups in total. The fourth-order valence-electron chi connectivity index (χ4n) is 1.15. The van der Waals surface area contributed by atoms with Crippen molar-refractivity contribution >= 4 is 17.3 Å². The van der Waals surface area contributed by atoms with Crippen molar-refractivity contribution in [3.05, 3.63) is 41.4 Å². The second-order valence-electron chi connectivity index (χ2n) is 2.75. The van der Waals surface area contributed by atoms with Crippen molar-refractivity contribution in [1.29, 1.82) is 0 Å². The molecule has 13 heavy (non-hydrogen) atoms. The first-order valence-electron chi connectivity index (χ1n) is 3.88. The van der Waals surface area contributed by atoms with Crippen LogP contribution in [0.5, 0.6) is 0 Å². The van der Waals surface area contributed by atoms with Crippen LogP contribution < -0.4 is 10.6 Å². The van der Waals surface area contributed by atoms with Gasteiger partial charge < -0.3 is 15.4 Å². The maximum atomic E-state index is 5.76. The summed E-state index contributed by atoms with van der Waals surface area (Å²) in [5, 5.41) is 0.723. The number of nitrogens with zero attached hydrogens (tertiary/aromatic N) is 1. The summed E-state index contributed by atoms with van der Waals surface area (Å²) >= 11 is 5.76. The van der Waals surface area contributed by atoms with Gasteiger partial charge in [0.2, 0.25) is 5.88 Å². The van der Waals surface area contributed by atoms with Crippen molar-refractivity contribution in [2.75, 3.05) is 11.6 Å². The average molecular weight is 197 g/mol. The molecule has 0 radical (unpaired) electrons. The van der Waals surface area contributed by atoms with Crippen molar-refractivity contribution in [3.63, 3.8) is 0 Å². The van der Waals surface area contributed by atoms with Crippen LogP contribution in [0.15, 0.2) is 36.3 Å². The Morgan fingerprint density at radius 3 is 2.54 bits per heavy atom. The molecule has 0 aliphatic carbocycles. The van der Waals surface area contributed by atoms with E-state index in [2.05, 4.69) is 0 Å². The predicted octanol–water partition coefficient (Wildman–Crippen LogP) is 1.89. The largest absolute Gasteiger partial charge is 0.457 e. The Kier molecular flexibility index (Phi) is 2.02. The van der Waals surface area contributed by atoms with Gasteiger partial charge in [-0.25, -0.2) is 0 Å². The van der Waals surface area contributed by atoms with E-state index in [1.165, 1.54) is 0 Å². The zero-order chi connectivity index (χ0) is 9.26. The minimum absolute atomic E-state index is 0.440. The maximum Gasteiger partial charge on any atom is 0.202 e. The Morgan fingerprint density at radius 1 is 1.31 bits per heavy atom. The number of halogens is 1. The highest BCUT2D eigenvalue weighted by atomic mass is 35.5. The third-order valence-corrected chi connectivity index (χ3v) is 2.06. The molecule has 1 heterocycles. The first kappa shape index (κ1) is 8.26. The molecule has 0 aromatic heterocycles. The van der Waals surface area contributed by atoms with Crippen LogP contribution in [0.3, 0.4) is 0 Å². The van der Waals surface area contributed by atoms with E-state index in [-0.39, 0.29) is 0 Å². The number of hydrogen-bond donors (Lipinski definition) is 1. The van der Waals surface area contributed by atoms with E-state index in [1.807, 2.05) is 29.2 Å². The summed E-state index contributed by atoms with van der Waals surface area (Å²) in [5.74, 6) is 0.440. The number of rotatable bonds is 1. The van der Waals surface area contributed by atoms with Crippen LogP contribution in [0, 0.1) is 0 Å². The number of nitrogens with two attached hydrogens (primary N) is 1. The summed E-state index contributed by atoms with van der Waals surface area (Å²) in [5.41, 5.74) is 6.48. The van der Waals surface area contributed by atoms with Crippen molar-refractivity contribution in [3.8, 4) is 0 Å². The zero-order valence-electron chi connectivity index (χ0n) is 6.90. The first-order chi connectivity index (χ1) is 6.25. The van der Waals surface area contributed by atoms with Gasteiger partial charge in [0.25, 0.3) is 0 Å². The molecule has 0 spiro atoms. The minimum atomic E-state index is 0.440. The molecule has 1 aliphatic rings. The summed E-state index contributed by atoms with van der Waals surface area (Å²) in [7, 11) is 0. The van der Waals surface area contributed by atoms with Crippen LogP contribution in [0.2, 0.25) is 5.02 Å². The van der Waals surface area contributed by atoms with E-state index in [0.717, 1.165) is 10.7 Å². The third kappa shape index (κ3) is 1.70. The molecule has 0 amide bonds. The van der Waals surface area contributed by atoms with Gasteiger partial charge in [0.1, 0.15) is 0 Å². The fraction of sp³-hybridized carbons (Fsp3) is 0.111. The van der Waals surface area contributed by atoms with Gasteiger partial charge >= 0.3 is 0 Å².